The van der Waals surface area contributed by atoms with E-state index in [1.54, 1.807) is 25.2 Å². The molecular weight excluding hydrogens is 538 g/mol. The van der Waals surface area contributed by atoms with Crippen molar-refractivity contribution in [2.75, 3.05) is 0 Å². The highest BCUT2D eigenvalue weighted by Gasteiger charge is 2.40. The molecule has 1 saturated heterocycles. The van der Waals surface area contributed by atoms with Gasteiger partial charge in [0.2, 0.25) is 0 Å². The van der Waals surface area contributed by atoms with Crippen molar-refractivity contribution in [3.8, 4) is 0 Å². The minimum absolute atomic E-state index is 0.103. The van der Waals surface area contributed by atoms with E-state index in [0.717, 1.165) is 18.4 Å². The van der Waals surface area contributed by atoms with E-state index in [2.05, 4.69) is 45.2 Å². The molecule has 0 spiro atoms. The number of hydrogen-bond acceptors (Lipinski definition) is 7. The summed E-state index contributed by atoms with van der Waals surface area (Å²) in [6.45, 7) is 19.4. The summed E-state index contributed by atoms with van der Waals surface area (Å²) >= 11 is 0. The van der Waals surface area contributed by atoms with Gasteiger partial charge in [-0.2, -0.15) is 0 Å². The Bertz CT molecular complexity index is 912. The van der Waals surface area contributed by atoms with Crippen LogP contribution in [0.5, 0.6) is 0 Å². The van der Waals surface area contributed by atoms with Gasteiger partial charge in [-0.3, -0.25) is 4.79 Å². The first-order valence-corrected chi connectivity index (χ1v) is 15.0. The number of carbonyl (C=O) groups is 2. The summed E-state index contributed by atoms with van der Waals surface area (Å²) in [6, 6.07) is 0. The average molecular weight is 596 g/mol. The van der Waals surface area contributed by atoms with Crippen LogP contribution in [0.4, 0.5) is 4.79 Å². The highest BCUT2D eigenvalue weighted by molar-refractivity contribution is 5.73. The second-order valence-electron chi connectivity index (χ2n) is 12.3. The zero-order chi connectivity index (χ0) is 32.7. The number of carboxylic acid groups (broad SMARTS) is 1. The number of amides is 1. The van der Waals surface area contributed by atoms with Crippen molar-refractivity contribution in [3.05, 3.63) is 48.6 Å². The summed E-state index contributed by atoms with van der Waals surface area (Å²) in [7, 11) is 0. The molecule has 0 saturated carbocycles. The summed E-state index contributed by atoms with van der Waals surface area (Å²) in [6.07, 6.45) is 8.62. The number of hydrogen-bond donors (Lipinski definition) is 6. The number of aliphatic hydroxyl groups excluding tert-OH is 4. The molecule has 12 atom stereocenters. The van der Waals surface area contributed by atoms with E-state index in [4.69, 9.17) is 14.6 Å². The lowest BCUT2D eigenvalue weighted by molar-refractivity contribution is -0.179. The van der Waals surface area contributed by atoms with Gasteiger partial charge in [0.05, 0.1) is 30.3 Å². The SMILES string of the molecule is C=CC=CC(C)CC(C)C(O)C(C)CC(C)=CC(C)C(O)C(C)C=CC(O)CC1OC(=O)C(C)C(O)C1C.NC(=O)O. The van der Waals surface area contributed by atoms with Gasteiger partial charge in [-0.25, -0.2) is 4.79 Å². The summed E-state index contributed by atoms with van der Waals surface area (Å²) in [5, 5.41) is 49.6. The van der Waals surface area contributed by atoms with Crippen molar-refractivity contribution >= 4 is 12.1 Å². The number of ether oxygens (including phenoxy) is 1. The van der Waals surface area contributed by atoms with Crippen LogP contribution in [0.25, 0.3) is 0 Å². The van der Waals surface area contributed by atoms with Crippen molar-refractivity contribution in [2.24, 2.45) is 47.2 Å². The molecule has 0 aromatic carbocycles. The van der Waals surface area contributed by atoms with Crippen molar-refractivity contribution in [1.82, 2.24) is 0 Å². The maximum atomic E-state index is 11.9. The predicted octanol–water partition coefficient (Wildman–Crippen LogP) is 4.85. The highest BCUT2D eigenvalue weighted by Crippen LogP contribution is 2.30. The van der Waals surface area contributed by atoms with Gasteiger partial charge in [0, 0.05) is 24.2 Å². The number of carbonyl (C=O) groups excluding carboxylic acids is 1. The lowest BCUT2D eigenvalue weighted by atomic mass is 9.83. The molecule has 1 heterocycles. The standard InChI is InChI=1S/C32H54O6.CH3NO2/c1-10-11-12-19(2)15-22(5)30(35)24(7)17-20(3)16-23(6)29(34)21(4)13-14-27(33)18-28-25(8)31(36)26(9)32(37)38-28;2-1(3)4/h10-14,16,19,21-31,33-36H,1,15,17-18H2,2-9H3;2H2,(H,3,4). The third-order valence-electron chi connectivity index (χ3n) is 8.14. The van der Waals surface area contributed by atoms with Crippen molar-refractivity contribution in [1.29, 1.82) is 0 Å². The Hall–Kier alpha value is -2.46. The summed E-state index contributed by atoms with van der Waals surface area (Å²) in [5.74, 6) is -0.917. The third-order valence-corrected chi connectivity index (χ3v) is 8.14. The number of nitrogens with two attached hydrogens (primary N) is 1. The maximum absolute atomic E-state index is 11.9. The molecule has 0 aromatic heterocycles. The van der Waals surface area contributed by atoms with Crippen LogP contribution in [0.3, 0.4) is 0 Å². The van der Waals surface area contributed by atoms with E-state index in [9.17, 15) is 25.2 Å². The topological polar surface area (TPSA) is 171 Å². The van der Waals surface area contributed by atoms with E-state index in [1.807, 2.05) is 33.8 Å². The Kier molecular flexibility index (Phi) is 18.5. The van der Waals surface area contributed by atoms with Gasteiger partial charge < -0.3 is 36.0 Å². The fraction of sp³-hybridized carbons (Fsp3) is 0.697. The number of aliphatic hydroxyl groups is 4. The fourth-order valence-corrected chi connectivity index (χ4v) is 5.53. The minimum Gasteiger partial charge on any atom is -0.465 e. The number of cyclic esters (lactones) is 1. The van der Waals surface area contributed by atoms with E-state index in [-0.39, 0.29) is 36.0 Å². The Balaban J connectivity index is 0.00000393. The molecular formula is C33H57NO8. The Morgan fingerprint density at radius 1 is 1.00 bits per heavy atom. The Labute approximate surface area is 252 Å². The fourth-order valence-electron chi connectivity index (χ4n) is 5.53. The molecule has 9 heteroatoms. The molecule has 42 heavy (non-hydrogen) atoms. The van der Waals surface area contributed by atoms with Gasteiger partial charge in [0.15, 0.2) is 0 Å². The van der Waals surface area contributed by atoms with Gasteiger partial charge in [-0.1, -0.05) is 90.2 Å². The minimum atomic E-state index is -1.33. The van der Waals surface area contributed by atoms with Crippen molar-refractivity contribution in [3.63, 3.8) is 0 Å². The first kappa shape index (κ1) is 39.5. The molecule has 0 bridgehead atoms. The predicted molar refractivity (Wildman–Crippen MR) is 166 cm³/mol. The Morgan fingerprint density at radius 2 is 1.57 bits per heavy atom. The second kappa shape index (κ2) is 19.7. The van der Waals surface area contributed by atoms with E-state index < -0.39 is 48.5 Å². The van der Waals surface area contributed by atoms with Gasteiger partial charge in [-0.05, 0) is 44.4 Å². The lowest BCUT2D eigenvalue weighted by Crippen LogP contribution is -2.47. The number of rotatable bonds is 15. The second-order valence-corrected chi connectivity index (χ2v) is 12.3. The molecule has 1 aliphatic heterocycles. The van der Waals surface area contributed by atoms with Gasteiger partial charge in [0.25, 0.3) is 0 Å². The molecule has 0 aliphatic carbocycles. The molecule has 9 nitrogen and oxygen atoms in total. The van der Waals surface area contributed by atoms with E-state index >= 15 is 0 Å². The number of esters is 1. The maximum Gasteiger partial charge on any atom is 0.402 e. The zero-order valence-electron chi connectivity index (χ0n) is 26.8. The monoisotopic (exact) mass is 595 g/mol. The summed E-state index contributed by atoms with van der Waals surface area (Å²) in [5.41, 5.74) is 5.16. The van der Waals surface area contributed by atoms with Crippen LogP contribution in [0.1, 0.15) is 74.7 Å². The highest BCUT2D eigenvalue weighted by atomic mass is 16.5. The van der Waals surface area contributed by atoms with Gasteiger partial charge >= 0.3 is 12.1 Å². The van der Waals surface area contributed by atoms with Crippen LogP contribution in [0.2, 0.25) is 0 Å². The van der Waals surface area contributed by atoms with Crippen molar-refractivity contribution in [2.45, 2.75) is 105 Å². The molecule has 1 rings (SSSR count). The number of allylic oxidation sites excluding steroid dienone is 4. The molecule has 1 aliphatic rings. The van der Waals surface area contributed by atoms with Crippen LogP contribution in [-0.2, 0) is 9.53 Å². The molecule has 0 radical (unpaired) electrons. The normalized spacial score (nSPS) is 27.1. The quantitative estimate of drug-likeness (QED) is 0.0886. The van der Waals surface area contributed by atoms with Gasteiger partial charge in [-0.15, -0.1) is 0 Å². The van der Waals surface area contributed by atoms with Crippen LogP contribution in [0.15, 0.2) is 48.6 Å². The molecule has 242 valence electrons. The first-order chi connectivity index (χ1) is 19.4. The van der Waals surface area contributed by atoms with Crippen LogP contribution in [-0.4, -0.2) is 68.1 Å². The largest absolute Gasteiger partial charge is 0.465 e. The summed E-state index contributed by atoms with van der Waals surface area (Å²) < 4.78 is 5.41. The van der Waals surface area contributed by atoms with E-state index in [0.29, 0.717) is 5.92 Å². The zero-order valence-corrected chi connectivity index (χ0v) is 26.8. The molecule has 12 unspecified atom stereocenters. The van der Waals surface area contributed by atoms with Crippen molar-refractivity contribution < 1.29 is 39.9 Å². The summed E-state index contributed by atoms with van der Waals surface area (Å²) in [4.78, 5) is 20.7. The first-order valence-electron chi connectivity index (χ1n) is 15.0. The number of primary amides is 1. The van der Waals surface area contributed by atoms with Gasteiger partial charge in [0.1, 0.15) is 6.10 Å². The molecule has 1 amide bonds. The Morgan fingerprint density at radius 3 is 2.12 bits per heavy atom. The third kappa shape index (κ3) is 14.6. The lowest BCUT2D eigenvalue weighted by Gasteiger charge is -2.36. The van der Waals surface area contributed by atoms with Crippen LogP contribution >= 0.6 is 0 Å². The average Bonchev–Trinajstić information content (AvgIpc) is 2.90. The molecule has 1 fully saturated rings. The molecule has 0 aromatic rings. The van der Waals surface area contributed by atoms with Crippen LogP contribution in [0, 0.1) is 41.4 Å². The molecule has 7 N–H and O–H groups in total. The van der Waals surface area contributed by atoms with E-state index in [1.165, 1.54) is 0 Å². The smallest absolute Gasteiger partial charge is 0.402 e. The van der Waals surface area contributed by atoms with Crippen LogP contribution < -0.4 is 5.73 Å².